The lowest BCUT2D eigenvalue weighted by molar-refractivity contribution is -0.141. The number of benzene rings is 1. The van der Waals surface area contributed by atoms with Crippen LogP contribution in [0.25, 0.3) is 11.0 Å². The number of imidazole rings is 1. The van der Waals surface area contributed by atoms with Crippen LogP contribution >= 0.6 is 11.6 Å². The van der Waals surface area contributed by atoms with E-state index in [0.717, 1.165) is 41.7 Å². The van der Waals surface area contributed by atoms with Gasteiger partial charge in [0.25, 0.3) is 5.91 Å². The molecule has 1 fully saturated rings. The Morgan fingerprint density at radius 1 is 1.10 bits per heavy atom. The molecule has 4 aromatic rings. The van der Waals surface area contributed by atoms with E-state index in [2.05, 4.69) is 15.4 Å². The van der Waals surface area contributed by atoms with E-state index in [9.17, 15) is 22.8 Å². The van der Waals surface area contributed by atoms with Gasteiger partial charge in [0.1, 0.15) is 0 Å². The second kappa shape index (κ2) is 10.9. The highest BCUT2D eigenvalue weighted by Gasteiger charge is 2.38. The lowest BCUT2D eigenvalue weighted by Crippen LogP contribution is -2.39. The number of alkyl halides is 3. The summed E-state index contributed by atoms with van der Waals surface area (Å²) in [6, 6.07) is 8.44. The fraction of sp³-hybridized carbons (Fsp3) is 0.407. The normalized spacial score (nSPS) is 18.0. The van der Waals surface area contributed by atoms with Gasteiger partial charge in [-0.15, -0.1) is 0 Å². The average Bonchev–Trinajstić information content (AvgIpc) is 3.43. The first-order valence-corrected chi connectivity index (χ1v) is 13.2. The van der Waals surface area contributed by atoms with E-state index in [4.69, 9.17) is 11.6 Å². The number of aromatic nitrogens is 5. The molecule has 1 aromatic carbocycles. The maximum atomic E-state index is 13.4. The summed E-state index contributed by atoms with van der Waals surface area (Å²) < 4.78 is 45.4. The molecule has 3 aromatic heterocycles. The van der Waals surface area contributed by atoms with Gasteiger partial charge in [0, 0.05) is 38.6 Å². The Kier molecular flexibility index (Phi) is 7.53. The number of amides is 1. The van der Waals surface area contributed by atoms with Crippen LogP contribution in [0.15, 0.2) is 53.7 Å². The third-order valence-corrected chi connectivity index (χ3v) is 7.50. The summed E-state index contributed by atoms with van der Waals surface area (Å²) in [5, 5.41) is 6.88. The quantitative estimate of drug-likeness (QED) is 0.351. The molecule has 12 heteroatoms. The number of hydrogen-bond donors (Lipinski definition) is 1. The van der Waals surface area contributed by atoms with E-state index >= 15 is 0 Å². The molecule has 0 atom stereocenters. The number of halogens is 4. The number of pyridine rings is 1. The van der Waals surface area contributed by atoms with Crippen molar-refractivity contribution in [2.24, 2.45) is 13.0 Å². The van der Waals surface area contributed by atoms with E-state index in [1.807, 2.05) is 42.1 Å². The molecule has 0 saturated heterocycles. The van der Waals surface area contributed by atoms with Crippen molar-refractivity contribution in [1.82, 2.24) is 29.2 Å². The highest BCUT2D eigenvalue weighted by Crippen LogP contribution is 2.32. The molecular weight excluding hydrogens is 533 g/mol. The maximum absolute atomic E-state index is 13.4. The third kappa shape index (κ3) is 5.88. The average molecular weight is 561 g/mol. The molecular formula is C27H28ClF3N6O2. The van der Waals surface area contributed by atoms with E-state index in [1.165, 1.54) is 0 Å². The Morgan fingerprint density at radius 3 is 2.44 bits per heavy atom. The maximum Gasteiger partial charge on any atom is 0.434 e. The first-order chi connectivity index (χ1) is 18.6. The number of nitrogens with one attached hydrogen (secondary N) is 1. The molecule has 0 spiro atoms. The van der Waals surface area contributed by atoms with Gasteiger partial charge in [-0.2, -0.15) is 18.3 Å². The molecule has 1 N–H and O–H groups in total. The van der Waals surface area contributed by atoms with Crippen LogP contribution in [0, 0.1) is 5.92 Å². The van der Waals surface area contributed by atoms with Gasteiger partial charge in [-0.05, 0) is 61.8 Å². The third-order valence-electron chi connectivity index (χ3n) is 7.30. The van der Waals surface area contributed by atoms with E-state index < -0.39 is 23.3 Å². The SMILES string of the molecule is Cn1cc(CCn2c(=O)n(CC3CCC(NC(=O)c4cc(Cl)cnc4C(F)(F)F)CC3)c3ccccc32)cn1. The van der Waals surface area contributed by atoms with E-state index in [-0.39, 0.29) is 22.7 Å². The molecule has 1 aliphatic carbocycles. The van der Waals surface area contributed by atoms with Gasteiger partial charge in [0.2, 0.25) is 0 Å². The Labute approximate surface area is 227 Å². The first kappa shape index (κ1) is 27.0. The Morgan fingerprint density at radius 2 is 1.79 bits per heavy atom. The molecule has 1 saturated carbocycles. The molecule has 0 radical (unpaired) electrons. The highest BCUT2D eigenvalue weighted by molar-refractivity contribution is 6.30. The summed E-state index contributed by atoms with van der Waals surface area (Å²) in [6.45, 7) is 1.07. The second-order valence-electron chi connectivity index (χ2n) is 10.0. The van der Waals surface area contributed by atoms with Crippen molar-refractivity contribution in [2.75, 3.05) is 0 Å². The topological polar surface area (TPSA) is 86.7 Å². The summed E-state index contributed by atoms with van der Waals surface area (Å²) >= 11 is 5.81. The van der Waals surface area contributed by atoms with Gasteiger partial charge < -0.3 is 5.32 Å². The minimum Gasteiger partial charge on any atom is -0.349 e. The zero-order chi connectivity index (χ0) is 27.7. The Balaban J connectivity index is 1.25. The number of rotatable bonds is 7. The molecule has 0 unspecified atom stereocenters. The fourth-order valence-corrected chi connectivity index (χ4v) is 5.51. The fourth-order valence-electron chi connectivity index (χ4n) is 5.36. The van der Waals surface area contributed by atoms with Crippen LogP contribution in [-0.4, -0.2) is 35.8 Å². The van der Waals surface area contributed by atoms with Crippen LogP contribution in [0.4, 0.5) is 13.2 Å². The molecule has 5 rings (SSSR count). The van der Waals surface area contributed by atoms with Crippen molar-refractivity contribution in [3.8, 4) is 0 Å². The molecule has 0 bridgehead atoms. The van der Waals surface area contributed by atoms with Crippen LogP contribution < -0.4 is 11.0 Å². The molecule has 0 aliphatic heterocycles. The number of nitrogens with zero attached hydrogens (tertiary/aromatic N) is 5. The zero-order valence-corrected chi connectivity index (χ0v) is 22.0. The van der Waals surface area contributed by atoms with Gasteiger partial charge in [-0.25, -0.2) is 9.78 Å². The zero-order valence-electron chi connectivity index (χ0n) is 21.3. The van der Waals surface area contributed by atoms with Crippen LogP contribution in [0.1, 0.15) is 47.3 Å². The van der Waals surface area contributed by atoms with Crippen molar-refractivity contribution in [2.45, 2.75) is 57.4 Å². The highest BCUT2D eigenvalue weighted by atomic mass is 35.5. The molecule has 1 aliphatic rings. The minimum atomic E-state index is -4.76. The first-order valence-electron chi connectivity index (χ1n) is 12.8. The predicted molar refractivity (Wildman–Crippen MR) is 141 cm³/mol. The number of hydrogen-bond acceptors (Lipinski definition) is 4. The van der Waals surface area contributed by atoms with Gasteiger partial charge in [-0.3, -0.25) is 18.6 Å². The van der Waals surface area contributed by atoms with Crippen molar-refractivity contribution in [3.05, 3.63) is 81.3 Å². The summed E-state index contributed by atoms with van der Waals surface area (Å²) in [5.74, 6) is -0.638. The van der Waals surface area contributed by atoms with E-state index in [1.54, 1.807) is 15.4 Å². The van der Waals surface area contributed by atoms with Crippen LogP contribution in [0.3, 0.4) is 0 Å². The van der Waals surface area contributed by atoms with Gasteiger partial charge >= 0.3 is 11.9 Å². The van der Waals surface area contributed by atoms with Gasteiger partial charge in [0.15, 0.2) is 5.69 Å². The standard InChI is InChI=1S/C27H28ClF3N6O2/c1-35-15-18(13-33-35)10-11-36-22-4-2-3-5-23(22)37(26(36)39)16-17-6-8-20(9-7-17)34-25(38)21-12-19(28)14-32-24(21)27(29,30)31/h2-5,12-15,17,20H,6-11,16H2,1H3,(H,34,38). The summed E-state index contributed by atoms with van der Waals surface area (Å²) in [7, 11) is 1.86. The molecule has 39 heavy (non-hydrogen) atoms. The van der Waals surface area contributed by atoms with Crippen molar-refractivity contribution in [1.29, 1.82) is 0 Å². The largest absolute Gasteiger partial charge is 0.434 e. The summed E-state index contributed by atoms with van der Waals surface area (Å²) in [4.78, 5) is 29.5. The van der Waals surface area contributed by atoms with Crippen LogP contribution in [0.5, 0.6) is 0 Å². The molecule has 3 heterocycles. The Bertz CT molecular complexity index is 1550. The second-order valence-corrected chi connectivity index (χ2v) is 10.5. The lowest BCUT2D eigenvalue weighted by Gasteiger charge is -2.29. The number of carbonyl (C=O) groups is 1. The predicted octanol–water partition coefficient (Wildman–Crippen LogP) is 4.84. The number of carbonyl (C=O) groups excluding carboxylic acids is 1. The van der Waals surface area contributed by atoms with E-state index in [0.29, 0.717) is 32.4 Å². The molecule has 1 amide bonds. The molecule has 206 valence electrons. The Hall–Kier alpha value is -3.60. The number of fused-ring (bicyclic) bond motifs is 1. The van der Waals surface area contributed by atoms with Crippen LogP contribution in [-0.2, 0) is 32.7 Å². The van der Waals surface area contributed by atoms with Crippen LogP contribution in [0.2, 0.25) is 5.02 Å². The van der Waals surface area contributed by atoms with Crippen molar-refractivity contribution in [3.63, 3.8) is 0 Å². The monoisotopic (exact) mass is 560 g/mol. The van der Waals surface area contributed by atoms with Gasteiger partial charge in [-0.1, -0.05) is 23.7 Å². The minimum absolute atomic E-state index is 0.0399. The van der Waals surface area contributed by atoms with Crippen molar-refractivity contribution < 1.29 is 18.0 Å². The van der Waals surface area contributed by atoms with Gasteiger partial charge in [0.05, 0.1) is 27.8 Å². The number of para-hydroxylation sites is 2. The smallest absolute Gasteiger partial charge is 0.349 e. The summed E-state index contributed by atoms with van der Waals surface area (Å²) in [5.41, 5.74) is 0.904. The van der Waals surface area contributed by atoms with Crippen molar-refractivity contribution >= 4 is 28.5 Å². The lowest BCUT2D eigenvalue weighted by atomic mass is 9.85. The molecule has 8 nitrogen and oxygen atoms in total. The number of aryl methyl sites for hydroxylation is 3. The summed E-state index contributed by atoms with van der Waals surface area (Å²) in [6.07, 6.45) is 3.19.